The fraction of sp³-hybridized carbons (Fsp3) is 0.350. The van der Waals surface area contributed by atoms with Gasteiger partial charge in [-0.05, 0) is 38.8 Å². The van der Waals surface area contributed by atoms with E-state index in [4.69, 9.17) is 4.74 Å². The maximum atomic E-state index is 12.9. The minimum Gasteiger partial charge on any atom is -1.00 e. The van der Waals surface area contributed by atoms with E-state index in [2.05, 4.69) is 13.8 Å². The lowest BCUT2D eigenvalue weighted by Crippen LogP contribution is -3.12. The molecule has 0 saturated carbocycles. The summed E-state index contributed by atoms with van der Waals surface area (Å²) >= 11 is 0. The fourth-order valence-electron chi connectivity index (χ4n) is 2.96. The van der Waals surface area contributed by atoms with E-state index in [0.29, 0.717) is 5.75 Å². The second-order valence-corrected chi connectivity index (χ2v) is 5.85. The van der Waals surface area contributed by atoms with Gasteiger partial charge in [0, 0.05) is 5.56 Å². The molecule has 3 nitrogen and oxygen atoms in total. The molecule has 24 heavy (non-hydrogen) atoms. The normalized spacial score (nSPS) is 11.7. The first-order valence-electron chi connectivity index (χ1n) is 8.25. The Morgan fingerprint density at radius 1 is 0.958 bits per heavy atom. The highest BCUT2D eigenvalue weighted by Crippen LogP contribution is 2.24. The lowest BCUT2D eigenvalue weighted by Gasteiger charge is -2.25. The molecule has 0 aromatic heterocycles. The number of hydrogen-bond donors (Lipinski definition) is 1. The summed E-state index contributed by atoms with van der Waals surface area (Å²) < 4.78 is 5.82. The second kappa shape index (κ2) is 9.45. The highest BCUT2D eigenvalue weighted by molar-refractivity contribution is 5.79. The number of esters is 1. The number of nitrogens with one attached hydrogen (secondary N) is 1. The number of ether oxygens (including phenoxy) is 1. The van der Waals surface area contributed by atoms with Gasteiger partial charge in [0.2, 0.25) is 6.04 Å². The Labute approximate surface area is 151 Å². The van der Waals surface area contributed by atoms with Crippen molar-refractivity contribution < 1.29 is 26.8 Å². The first kappa shape index (κ1) is 20.2. The molecule has 4 heteroatoms. The molecule has 2 aromatic carbocycles. The van der Waals surface area contributed by atoms with Gasteiger partial charge in [-0.3, -0.25) is 0 Å². The third-order valence-electron chi connectivity index (χ3n) is 4.30. The van der Waals surface area contributed by atoms with Crippen LogP contribution in [-0.2, 0) is 4.79 Å². The van der Waals surface area contributed by atoms with Crippen LogP contribution in [0, 0.1) is 13.8 Å². The molecule has 1 N–H and O–H groups in total. The van der Waals surface area contributed by atoms with Gasteiger partial charge in [-0.1, -0.05) is 48.5 Å². The van der Waals surface area contributed by atoms with E-state index >= 15 is 0 Å². The SMILES string of the molecule is CC[NH+](CC)C(C(=O)Oc1c(C)cccc1C)c1ccccc1.[Cl-]. The molecule has 0 bridgehead atoms. The lowest BCUT2D eigenvalue weighted by molar-refractivity contribution is -0.919. The van der Waals surface area contributed by atoms with Crippen LogP contribution >= 0.6 is 0 Å². The summed E-state index contributed by atoms with van der Waals surface area (Å²) in [5.41, 5.74) is 2.97. The predicted octanol–water partition coefficient (Wildman–Crippen LogP) is -0.121. The Morgan fingerprint density at radius 2 is 1.50 bits per heavy atom. The van der Waals surface area contributed by atoms with Crippen LogP contribution in [0.3, 0.4) is 0 Å². The molecule has 0 heterocycles. The number of carbonyl (C=O) groups excluding carboxylic acids is 1. The molecular formula is C20H26ClNO2. The van der Waals surface area contributed by atoms with Gasteiger partial charge in [-0.25, -0.2) is 4.79 Å². The van der Waals surface area contributed by atoms with Crippen molar-refractivity contribution in [3.8, 4) is 5.75 Å². The molecule has 0 aliphatic rings. The minimum atomic E-state index is -0.301. The summed E-state index contributed by atoms with van der Waals surface area (Å²) in [5.74, 6) is 0.497. The summed E-state index contributed by atoms with van der Waals surface area (Å²) in [6.07, 6.45) is 0. The lowest BCUT2D eigenvalue weighted by atomic mass is 10.0. The number of quaternary nitrogens is 1. The van der Waals surface area contributed by atoms with Crippen molar-refractivity contribution in [2.24, 2.45) is 0 Å². The van der Waals surface area contributed by atoms with Crippen molar-refractivity contribution in [1.29, 1.82) is 0 Å². The largest absolute Gasteiger partial charge is 1.00 e. The molecule has 1 atom stereocenters. The number of likely N-dealkylation sites (N-methyl/N-ethyl adjacent to an activating group) is 1. The predicted molar refractivity (Wildman–Crippen MR) is 92.8 cm³/mol. The number of rotatable bonds is 6. The molecule has 0 aliphatic heterocycles. The molecule has 2 rings (SSSR count). The summed E-state index contributed by atoms with van der Waals surface area (Å²) in [7, 11) is 0. The maximum Gasteiger partial charge on any atom is 0.375 e. The number of benzene rings is 2. The van der Waals surface area contributed by atoms with Gasteiger partial charge in [0.15, 0.2) is 0 Å². The molecule has 2 aromatic rings. The average molecular weight is 348 g/mol. The van der Waals surface area contributed by atoms with Crippen molar-refractivity contribution in [2.75, 3.05) is 13.1 Å². The summed E-state index contributed by atoms with van der Waals surface area (Å²) in [6, 6.07) is 15.5. The van der Waals surface area contributed by atoms with Crippen LogP contribution in [0.15, 0.2) is 48.5 Å². The van der Waals surface area contributed by atoms with Gasteiger partial charge >= 0.3 is 5.97 Å². The molecule has 0 fully saturated rings. The van der Waals surface area contributed by atoms with Crippen LogP contribution in [0.1, 0.15) is 36.6 Å². The third-order valence-corrected chi connectivity index (χ3v) is 4.30. The number of halogens is 1. The zero-order valence-electron chi connectivity index (χ0n) is 14.8. The molecule has 0 amide bonds. The highest BCUT2D eigenvalue weighted by atomic mass is 35.5. The number of carbonyl (C=O) groups is 1. The highest BCUT2D eigenvalue weighted by Gasteiger charge is 2.32. The average Bonchev–Trinajstić information content (AvgIpc) is 2.56. The Hall–Kier alpha value is -1.84. The van der Waals surface area contributed by atoms with Crippen LogP contribution < -0.4 is 22.0 Å². The number of hydrogen-bond acceptors (Lipinski definition) is 2. The summed E-state index contributed by atoms with van der Waals surface area (Å²) in [5, 5.41) is 0. The number of para-hydroxylation sites is 1. The van der Waals surface area contributed by atoms with Gasteiger partial charge in [0.05, 0.1) is 13.1 Å². The Balaban J connectivity index is 0.00000288. The quantitative estimate of drug-likeness (QED) is 0.583. The van der Waals surface area contributed by atoms with Gasteiger partial charge < -0.3 is 22.0 Å². The first-order chi connectivity index (χ1) is 11.1. The zero-order valence-corrected chi connectivity index (χ0v) is 15.6. The van der Waals surface area contributed by atoms with Crippen LogP contribution in [0.5, 0.6) is 5.75 Å². The molecule has 1 unspecified atom stereocenters. The molecule has 130 valence electrons. The fourth-order valence-corrected chi connectivity index (χ4v) is 2.96. The van der Waals surface area contributed by atoms with Crippen molar-refractivity contribution in [3.05, 3.63) is 65.2 Å². The smallest absolute Gasteiger partial charge is 0.375 e. The van der Waals surface area contributed by atoms with E-state index < -0.39 is 0 Å². The first-order valence-corrected chi connectivity index (χ1v) is 8.25. The summed E-state index contributed by atoms with van der Waals surface area (Å²) in [6.45, 7) is 9.88. The van der Waals surface area contributed by atoms with Crippen LogP contribution in [-0.4, -0.2) is 19.1 Å². The number of aryl methyl sites for hydroxylation is 2. The van der Waals surface area contributed by atoms with Crippen molar-refractivity contribution >= 4 is 5.97 Å². The minimum absolute atomic E-state index is 0. The monoisotopic (exact) mass is 347 g/mol. The van der Waals surface area contributed by atoms with E-state index in [9.17, 15) is 4.79 Å². The van der Waals surface area contributed by atoms with Crippen molar-refractivity contribution in [1.82, 2.24) is 0 Å². The van der Waals surface area contributed by atoms with Crippen LogP contribution in [0.4, 0.5) is 0 Å². The maximum absolute atomic E-state index is 12.9. The van der Waals surface area contributed by atoms with Crippen LogP contribution in [0.2, 0.25) is 0 Å². The van der Waals surface area contributed by atoms with E-state index in [0.717, 1.165) is 29.8 Å². The Bertz CT molecular complexity index is 634. The second-order valence-electron chi connectivity index (χ2n) is 5.85. The van der Waals surface area contributed by atoms with Gasteiger partial charge in [0.1, 0.15) is 5.75 Å². The van der Waals surface area contributed by atoms with E-state index in [-0.39, 0.29) is 24.4 Å². The van der Waals surface area contributed by atoms with E-state index in [1.807, 2.05) is 62.4 Å². The summed E-state index contributed by atoms with van der Waals surface area (Å²) in [4.78, 5) is 14.1. The zero-order chi connectivity index (χ0) is 16.8. The van der Waals surface area contributed by atoms with Gasteiger partial charge in [-0.2, -0.15) is 0 Å². The Morgan fingerprint density at radius 3 is 2.00 bits per heavy atom. The van der Waals surface area contributed by atoms with E-state index in [1.165, 1.54) is 4.90 Å². The molecule has 0 radical (unpaired) electrons. The molecular weight excluding hydrogens is 322 g/mol. The topological polar surface area (TPSA) is 30.7 Å². The van der Waals surface area contributed by atoms with Gasteiger partial charge in [-0.15, -0.1) is 0 Å². The Kier molecular flexibility index (Phi) is 7.96. The standard InChI is InChI=1S/C20H25NO2.ClH/c1-5-21(6-2)18(17-13-8-7-9-14-17)20(22)23-19-15(3)11-10-12-16(19)4;/h7-14,18H,5-6H2,1-4H3;1H. The molecule has 0 spiro atoms. The molecule has 0 saturated heterocycles. The van der Waals surface area contributed by atoms with E-state index in [1.54, 1.807) is 0 Å². The molecule has 0 aliphatic carbocycles. The third kappa shape index (κ3) is 4.59. The van der Waals surface area contributed by atoms with Crippen molar-refractivity contribution in [2.45, 2.75) is 33.7 Å². The van der Waals surface area contributed by atoms with Crippen molar-refractivity contribution in [3.63, 3.8) is 0 Å². The van der Waals surface area contributed by atoms with Gasteiger partial charge in [0.25, 0.3) is 0 Å². The van der Waals surface area contributed by atoms with Crippen LogP contribution in [0.25, 0.3) is 0 Å².